The SMILES string of the molecule is Cc1ccc(C)c(S(=O)(=O)Nc2cccc(C(=O)NCCc3cccc4cccnc34)c2)c1. The molecule has 0 saturated carbocycles. The van der Waals surface area contributed by atoms with E-state index in [-0.39, 0.29) is 10.8 Å². The Morgan fingerprint density at radius 1 is 0.939 bits per heavy atom. The largest absolute Gasteiger partial charge is 0.352 e. The number of anilines is 1. The lowest BCUT2D eigenvalue weighted by molar-refractivity contribution is 0.0954. The standard InChI is InChI=1S/C26H25N3O3S/c1-18-11-12-19(2)24(16-18)33(31,32)29-23-10-4-8-22(17-23)26(30)28-15-13-21-7-3-6-20-9-5-14-27-25(20)21/h3-12,14,16-17,29H,13,15H2,1-2H3,(H,28,30). The van der Waals surface area contributed by atoms with Crippen LogP contribution in [0.3, 0.4) is 0 Å². The van der Waals surface area contributed by atoms with E-state index in [1.54, 1.807) is 43.5 Å². The number of aromatic nitrogens is 1. The summed E-state index contributed by atoms with van der Waals surface area (Å²) < 4.78 is 28.3. The van der Waals surface area contributed by atoms with Gasteiger partial charge in [-0.25, -0.2) is 8.42 Å². The maximum atomic E-state index is 12.9. The van der Waals surface area contributed by atoms with Crippen molar-refractivity contribution in [3.63, 3.8) is 0 Å². The first kappa shape index (κ1) is 22.5. The Labute approximate surface area is 193 Å². The van der Waals surface area contributed by atoms with E-state index in [1.165, 1.54) is 6.07 Å². The molecule has 1 aromatic heterocycles. The Morgan fingerprint density at radius 3 is 2.58 bits per heavy atom. The van der Waals surface area contributed by atoms with Crippen molar-refractivity contribution >= 4 is 32.5 Å². The summed E-state index contributed by atoms with van der Waals surface area (Å²) in [5.74, 6) is -0.268. The van der Waals surface area contributed by atoms with Gasteiger partial charge in [0.1, 0.15) is 0 Å². The van der Waals surface area contributed by atoms with Gasteiger partial charge in [0.25, 0.3) is 15.9 Å². The van der Waals surface area contributed by atoms with E-state index in [9.17, 15) is 13.2 Å². The van der Waals surface area contributed by atoms with E-state index in [0.717, 1.165) is 22.0 Å². The molecule has 0 atom stereocenters. The van der Waals surface area contributed by atoms with Crippen molar-refractivity contribution in [2.45, 2.75) is 25.2 Å². The van der Waals surface area contributed by atoms with Crippen molar-refractivity contribution in [2.24, 2.45) is 0 Å². The number of aryl methyl sites for hydroxylation is 2. The summed E-state index contributed by atoms with van der Waals surface area (Å²) in [6.07, 6.45) is 2.40. The molecular formula is C26H25N3O3S. The van der Waals surface area contributed by atoms with Crippen LogP contribution in [0.1, 0.15) is 27.0 Å². The minimum Gasteiger partial charge on any atom is -0.352 e. The molecule has 1 amide bonds. The van der Waals surface area contributed by atoms with Crippen molar-refractivity contribution in [1.29, 1.82) is 0 Å². The highest BCUT2D eigenvalue weighted by Gasteiger charge is 2.18. The Morgan fingerprint density at radius 2 is 1.73 bits per heavy atom. The second-order valence-electron chi connectivity index (χ2n) is 7.95. The molecule has 0 fully saturated rings. The van der Waals surface area contributed by atoms with E-state index in [2.05, 4.69) is 15.0 Å². The summed E-state index contributed by atoms with van der Waals surface area (Å²) in [6, 6.07) is 21.7. The molecule has 6 nitrogen and oxygen atoms in total. The molecule has 0 aliphatic carbocycles. The van der Waals surface area contributed by atoms with E-state index in [0.29, 0.717) is 29.8 Å². The lowest BCUT2D eigenvalue weighted by atomic mass is 10.1. The first-order valence-corrected chi connectivity index (χ1v) is 12.1. The number of nitrogens with zero attached hydrogens (tertiary/aromatic N) is 1. The van der Waals surface area contributed by atoms with Gasteiger partial charge in [-0.15, -0.1) is 0 Å². The van der Waals surface area contributed by atoms with Gasteiger partial charge in [-0.2, -0.15) is 0 Å². The number of hydrogen-bond acceptors (Lipinski definition) is 4. The van der Waals surface area contributed by atoms with E-state index >= 15 is 0 Å². The van der Waals surface area contributed by atoms with Gasteiger partial charge in [0.05, 0.1) is 10.4 Å². The summed E-state index contributed by atoms with van der Waals surface area (Å²) in [5, 5.41) is 3.97. The van der Waals surface area contributed by atoms with E-state index in [4.69, 9.17) is 0 Å². The minimum absolute atomic E-state index is 0.223. The fraction of sp³-hybridized carbons (Fsp3) is 0.154. The number of para-hydroxylation sites is 1. The molecule has 0 aliphatic heterocycles. The topological polar surface area (TPSA) is 88.2 Å². The molecule has 2 N–H and O–H groups in total. The Bertz CT molecular complexity index is 1430. The smallest absolute Gasteiger partial charge is 0.262 e. The minimum atomic E-state index is -3.77. The zero-order valence-corrected chi connectivity index (χ0v) is 19.3. The van der Waals surface area contributed by atoms with Crippen LogP contribution in [-0.2, 0) is 16.4 Å². The third kappa shape index (κ3) is 5.21. The molecule has 168 valence electrons. The molecule has 3 aromatic carbocycles. The number of carbonyl (C=O) groups is 1. The lowest BCUT2D eigenvalue weighted by Gasteiger charge is -2.12. The van der Waals surface area contributed by atoms with Gasteiger partial charge in [0, 0.05) is 29.4 Å². The number of benzene rings is 3. The quantitative estimate of drug-likeness (QED) is 0.422. The lowest BCUT2D eigenvalue weighted by Crippen LogP contribution is -2.26. The Balaban J connectivity index is 1.44. The number of rotatable bonds is 7. The molecule has 4 rings (SSSR count). The van der Waals surface area contributed by atoms with E-state index < -0.39 is 10.0 Å². The highest BCUT2D eigenvalue weighted by Crippen LogP contribution is 2.21. The maximum Gasteiger partial charge on any atom is 0.262 e. The molecule has 33 heavy (non-hydrogen) atoms. The molecule has 1 heterocycles. The highest BCUT2D eigenvalue weighted by molar-refractivity contribution is 7.92. The van der Waals surface area contributed by atoms with Gasteiger partial charge < -0.3 is 5.32 Å². The Hall–Kier alpha value is -3.71. The number of sulfonamides is 1. The van der Waals surface area contributed by atoms with Gasteiger partial charge in [-0.05, 0) is 67.3 Å². The molecule has 0 saturated heterocycles. The summed E-state index contributed by atoms with van der Waals surface area (Å²) in [6.45, 7) is 4.04. The van der Waals surface area contributed by atoms with Gasteiger partial charge in [0.2, 0.25) is 0 Å². The van der Waals surface area contributed by atoms with Gasteiger partial charge >= 0.3 is 0 Å². The fourth-order valence-corrected chi connectivity index (χ4v) is 5.09. The van der Waals surface area contributed by atoms with Crippen molar-refractivity contribution in [3.05, 3.63) is 101 Å². The van der Waals surface area contributed by atoms with Crippen LogP contribution in [0.15, 0.2) is 83.9 Å². The predicted molar refractivity (Wildman–Crippen MR) is 131 cm³/mol. The molecule has 0 spiro atoms. The third-order valence-corrected chi connectivity index (χ3v) is 6.93. The average molecular weight is 460 g/mol. The number of nitrogens with one attached hydrogen (secondary N) is 2. The van der Waals surface area contributed by atoms with Crippen LogP contribution in [0.25, 0.3) is 10.9 Å². The second kappa shape index (κ2) is 9.42. The molecule has 4 aromatic rings. The van der Waals surface area contributed by atoms with Crippen LogP contribution in [0, 0.1) is 13.8 Å². The fourth-order valence-electron chi connectivity index (χ4n) is 3.71. The van der Waals surface area contributed by atoms with Crippen LogP contribution < -0.4 is 10.0 Å². The molecule has 0 radical (unpaired) electrons. The first-order valence-electron chi connectivity index (χ1n) is 10.6. The number of fused-ring (bicyclic) bond motifs is 1. The zero-order chi connectivity index (χ0) is 23.4. The van der Waals surface area contributed by atoms with E-state index in [1.807, 2.05) is 43.3 Å². The van der Waals surface area contributed by atoms with Gasteiger partial charge in [0.15, 0.2) is 0 Å². The molecule has 0 aliphatic rings. The Kier molecular flexibility index (Phi) is 6.42. The summed E-state index contributed by atoms with van der Waals surface area (Å²) in [7, 11) is -3.77. The molecule has 0 bridgehead atoms. The van der Waals surface area contributed by atoms with Gasteiger partial charge in [-0.1, -0.05) is 42.5 Å². The summed E-state index contributed by atoms with van der Waals surface area (Å²) in [4.78, 5) is 17.3. The van der Waals surface area contributed by atoms with Gasteiger partial charge in [-0.3, -0.25) is 14.5 Å². The summed E-state index contributed by atoms with van der Waals surface area (Å²) in [5.41, 5.74) is 4.22. The van der Waals surface area contributed by atoms with Crippen LogP contribution in [-0.4, -0.2) is 25.9 Å². The number of pyridine rings is 1. The molecule has 0 unspecified atom stereocenters. The maximum absolute atomic E-state index is 12.9. The van der Waals surface area contributed by atoms with Crippen LogP contribution in [0.4, 0.5) is 5.69 Å². The first-order chi connectivity index (χ1) is 15.8. The number of amides is 1. The van der Waals surface area contributed by atoms with Crippen molar-refractivity contribution in [3.8, 4) is 0 Å². The average Bonchev–Trinajstić information content (AvgIpc) is 2.80. The normalized spacial score (nSPS) is 11.3. The van der Waals surface area contributed by atoms with Crippen LogP contribution >= 0.6 is 0 Å². The number of hydrogen-bond donors (Lipinski definition) is 2. The summed E-state index contributed by atoms with van der Waals surface area (Å²) >= 11 is 0. The predicted octanol–water partition coefficient (Wildman–Crippen LogP) is 4.62. The van der Waals surface area contributed by atoms with Crippen molar-refractivity contribution < 1.29 is 13.2 Å². The monoisotopic (exact) mass is 459 g/mol. The van der Waals surface area contributed by atoms with Crippen LogP contribution in [0.2, 0.25) is 0 Å². The third-order valence-electron chi connectivity index (χ3n) is 5.41. The second-order valence-corrected chi connectivity index (χ2v) is 9.60. The van der Waals surface area contributed by atoms with Crippen LogP contribution in [0.5, 0.6) is 0 Å². The molecule has 7 heteroatoms. The highest BCUT2D eigenvalue weighted by atomic mass is 32.2. The van der Waals surface area contributed by atoms with Crippen molar-refractivity contribution in [2.75, 3.05) is 11.3 Å². The van der Waals surface area contributed by atoms with Crippen molar-refractivity contribution in [1.82, 2.24) is 10.3 Å². The number of carbonyl (C=O) groups excluding carboxylic acids is 1. The molecular weight excluding hydrogens is 434 g/mol. The zero-order valence-electron chi connectivity index (χ0n) is 18.5.